The predicted octanol–water partition coefficient (Wildman–Crippen LogP) is 3.25. The van der Waals surface area contributed by atoms with Crippen molar-refractivity contribution in [1.29, 1.82) is 0 Å². The van der Waals surface area contributed by atoms with Gasteiger partial charge in [-0.2, -0.15) is 0 Å². The van der Waals surface area contributed by atoms with E-state index in [0.29, 0.717) is 0 Å². The van der Waals surface area contributed by atoms with Gasteiger partial charge in [0.05, 0.1) is 5.69 Å². The van der Waals surface area contributed by atoms with Crippen LogP contribution < -0.4 is 5.32 Å². The molecule has 0 bridgehead atoms. The van der Waals surface area contributed by atoms with Crippen LogP contribution in [-0.4, -0.2) is 15.9 Å². The molecule has 98 valence electrons. The number of aromatic nitrogens is 2. The zero-order valence-corrected chi connectivity index (χ0v) is 11.4. The summed E-state index contributed by atoms with van der Waals surface area (Å²) in [4.78, 5) is 4.56. The van der Waals surface area contributed by atoms with Crippen LogP contribution >= 0.6 is 0 Å². The largest absolute Gasteiger partial charge is 0.311 e. The van der Waals surface area contributed by atoms with Crippen molar-refractivity contribution in [3.63, 3.8) is 0 Å². The van der Waals surface area contributed by atoms with Gasteiger partial charge in [-0.1, -0.05) is 32.8 Å². The third-order valence-electron chi connectivity index (χ3n) is 3.11. The molecule has 0 aromatic carbocycles. The smallest absolute Gasteiger partial charge is 0.137 e. The molecule has 0 aliphatic carbocycles. The Labute approximate surface area is 109 Å². The monoisotopic (exact) mass is 245 g/mol. The molecule has 0 atom stereocenters. The maximum Gasteiger partial charge on any atom is 0.137 e. The van der Waals surface area contributed by atoms with Crippen molar-refractivity contribution in [1.82, 2.24) is 14.7 Å². The lowest BCUT2D eigenvalue weighted by Gasteiger charge is -2.04. The fraction of sp³-hybridized carbons (Fsp3) is 0.533. The minimum Gasteiger partial charge on any atom is -0.311 e. The Kier molecular flexibility index (Phi) is 4.76. The minimum absolute atomic E-state index is 0.823. The van der Waals surface area contributed by atoms with E-state index >= 15 is 0 Å². The van der Waals surface area contributed by atoms with Gasteiger partial charge >= 0.3 is 0 Å². The molecule has 1 N–H and O–H groups in total. The van der Waals surface area contributed by atoms with Crippen molar-refractivity contribution in [3.8, 4) is 0 Å². The summed E-state index contributed by atoms with van der Waals surface area (Å²) in [5.41, 5.74) is 2.14. The van der Waals surface area contributed by atoms with E-state index in [4.69, 9.17) is 0 Å². The highest BCUT2D eigenvalue weighted by atomic mass is 15.0. The molecule has 3 nitrogen and oxygen atoms in total. The zero-order valence-electron chi connectivity index (χ0n) is 11.4. The summed E-state index contributed by atoms with van der Waals surface area (Å²) >= 11 is 0. The van der Waals surface area contributed by atoms with E-state index in [1.165, 1.54) is 19.3 Å². The Morgan fingerprint density at radius 3 is 2.94 bits per heavy atom. The number of pyridine rings is 1. The molecule has 0 saturated carbocycles. The van der Waals surface area contributed by atoms with Crippen LogP contribution in [0.4, 0.5) is 0 Å². The van der Waals surface area contributed by atoms with Gasteiger partial charge in [0.15, 0.2) is 0 Å². The van der Waals surface area contributed by atoms with Crippen molar-refractivity contribution in [2.75, 3.05) is 6.54 Å². The lowest BCUT2D eigenvalue weighted by Crippen LogP contribution is -2.15. The van der Waals surface area contributed by atoms with Crippen LogP contribution in [0.25, 0.3) is 5.65 Å². The maximum atomic E-state index is 4.56. The van der Waals surface area contributed by atoms with Crippen LogP contribution in [0.15, 0.2) is 30.6 Å². The molecule has 0 spiro atoms. The highest BCUT2D eigenvalue weighted by molar-refractivity contribution is 5.39. The average molecular weight is 245 g/mol. The molecule has 0 aliphatic heterocycles. The number of unbranched alkanes of at least 4 members (excludes halogenated alkanes) is 1. The maximum absolute atomic E-state index is 4.56. The molecule has 0 amide bonds. The standard InChI is InChI=1S/C15H23N3/c1-13(2)7-3-5-9-16-11-14-12-18-10-6-4-8-15(18)17-14/h4,6,8,10,12-13,16H,3,5,7,9,11H2,1-2H3. The Morgan fingerprint density at radius 2 is 2.17 bits per heavy atom. The van der Waals surface area contributed by atoms with Gasteiger partial charge in [-0.15, -0.1) is 0 Å². The van der Waals surface area contributed by atoms with Gasteiger partial charge in [0.1, 0.15) is 5.65 Å². The molecule has 0 unspecified atom stereocenters. The zero-order chi connectivity index (χ0) is 12.8. The molecule has 0 radical (unpaired) electrons. The van der Waals surface area contributed by atoms with E-state index in [2.05, 4.69) is 34.7 Å². The highest BCUT2D eigenvalue weighted by Crippen LogP contribution is 2.06. The van der Waals surface area contributed by atoms with Crippen molar-refractivity contribution in [2.45, 2.75) is 39.7 Å². The minimum atomic E-state index is 0.823. The fourth-order valence-electron chi connectivity index (χ4n) is 2.09. The topological polar surface area (TPSA) is 29.3 Å². The quantitative estimate of drug-likeness (QED) is 0.759. The van der Waals surface area contributed by atoms with Crippen LogP contribution in [0, 0.1) is 5.92 Å². The molecule has 2 aromatic heterocycles. The number of fused-ring (bicyclic) bond motifs is 1. The van der Waals surface area contributed by atoms with Gasteiger partial charge < -0.3 is 9.72 Å². The van der Waals surface area contributed by atoms with Crippen LogP contribution in [0.1, 0.15) is 38.8 Å². The first-order valence-corrected chi connectivity index (χ1v) is 6.89. The van der Waals surface area contributed by atoms with Crippen molar-refractivity contribution in [3.05, 3.63) is 36.3 Å². The van der Waals surface area contributed by atoms with Crippen LogP contribution in [0.2, 0.25) is 0 Å². The highest BCUT2D eigenvalue weighted by Gasteiger charge is 2.00. The molecule has 0 aliphatic rings. The first kappa shape index (κ1) is 13.1. The number of imidazole rings is 1. The van der Waals surface area contributed by atoms with E-state index in [1.807, 2.05) is 24.4 Å². The number of hydrogen-bond donors (Lipinski definition) is 1. The van der Waals surface area contributed by atoms with E-state index < -0.39 is 0 Å². The number of nitrogens with zero attached hydrogens (tertiary/aromatic N) is 2. The third kappa shape index (κ3) is 3.84. The molecule has 18 heavy (non-hydrogen) atoms. The first-order chi connectivity index (χ1) is 8.75. The average Bonchev–Trinajstić information content (AvgIpc) is 2.75. The first-order valence-electron chi connectivity index (χ1n) is 6.89. The van der Waals surface area contributed by atoms with E-state index in [-0.39, 0.29) is 0 Å². The normalized spacial score (nSPS) is 11.5. The Bertz CT molecular complexity index is 440. The Morgan fingerprint density at radius 1 is 1.28 bits per heavy atom. The lowest BCUT2D eigenvalue weighted by molar-refractivity contribution is 0.519. The third-order valence-corrected chi connectivity index (χ3v) is 3.11. The number of hydrogen-bond acceptors (Lipinski definition) is 2. The Hall–Kier alpha value is -1.35. The molecule has 3 heteroatoms. The second kappa shape index (κ2) is 6.55. The van der Waals surface area contributed by atoms with Gasteiger partial charge in [0, 0.05) is 18.9 Å². The van der Waals surface area contributed by atoms with E-state index in [1.54, 1.807) is 0 Å². The summed E-state index contributed by atoms with van der Waals surface area (Å²) in [6, 6.07) is 6.08. The molecule has 2 aromatic rings. The summed E-state index contributed by atoms with van der Waals surface area (Å²) in [6.07, 6.45) is 8.03. The summed E-state index contributed by atoms with van der Waals surface area (Å²) in [6.45, 7) is 6.51. The van der Waals surface area contributed by atoms with E-state index in [9.17, 15) is 0 Å². The van der Waals surface area contributed by atoms with Gasteiger partial charge in [-0.3, -0.25) is 0 Å². The van der Waals surface area contributed by atoms with Crippen molar-refractivity contribution >= 4 is 5.65 Å². The summed E-state index contributed by atoms with van der Waals surface area (Å²) in [7, 11) is 0. The number of rotatable bonds is 7. The van der Waals surface area contributed by atoms with Gasteiger partial charge in [0.25, 0.3) is 0 Å². The lowest BCUT2D eigenvalue weighted by atomic mass is 10.1. The molecular weight excluding hydrogens is 222 g/mol. The van der Waals surface area contributed by atoms with Crippen LogP contribution in [-0.2, 0) is 6.54 Å². The van der Waals surface area contributed by atoms with Crippen molar-refractivity contribution < 1.29 is 0 Å². The van der Waals surface area contributed by atoms with E-state index in [0.717, 1.165) is 30.3 Å². The molecule has 2 rings (SSSR count). The van der Waals surface area contributed by atoms with Crippen LogP contribution in [0.5, 0.6) is 0 Å². The fourth-order valence-corrected chi connectivity index (χ4v) is 2.09. The summed E-state index contributed by atoms with van der Waals surface area (Å²) < 4.78 is 2.07. The number of nitrogens with one attached hydrogen (secondary N) is 1. The SMILES string of the molecule is CC(C)CCCCNCc1cn2ccccc2n1. The van der Waals surface area contributed by atoms with Crippen LogP contribution in [0.3, 0.4) is 0 Å². The Balaban J connectivity index is 1.70. The second-order valence-electron chi connectivity index (χ2n) is 5.26. The molecule has 2 heterocycles. The molecule has 0 saturated heterocycles. The summed E-state index contributed by atoms with van der Waals surface area (Å²) in [5.74, 6) is 0.823. The predicted molar refractivity (Wildman–Crippen MR) is 75.6 cm³/mol. The molecular formula is C15H23N3. The van der Waals surface area contributed by atoms with Gasteiger partial charge in [-0.25, -0.2) is 4.98 Å². The molecule has 0 fully saturated rings. The van der Waals surface area contributed by atoms with Gasteiger partial charge in [-0.05, 0) is 31.0 Å². The van der Waals surface area contributed by atoms with Crippen molar-refractivity contribution in [2.24, 2.45) is 5.92 Å². The second-order valence-corrected chi connectivity index (χ2v) is 5.26. The van der Waals surface area contributed by atoms with Gasteiger partial charge in [0.2, 0.25) is 0 Å². The summed E-state index contributed by atoms with van der Waals surface area (Å²) in [5, 5.41) is 3.46.